The Morgan fingerprint density at radius 1 is 1.38 bits per heavy atom. The highest BCUT2D eigenvalue weighted by Crippen LogP contribution is 2.33. The number of carboxylic acid groups (broad SMARTS) is 1. The molecule has 3 rings (SSSR count). The van der Waals surface area contributed by atoms with Gasteiger partial charge in [-0.05, 0) is 18.8 Å². The molecule has 21 heavy (non-hydrogen) atoms. The van der Waals surface area contributed by atoms with Crippen LogP contribution in [0.25, 0.3) is 11.4 Å². The first-order valence-corrected chi connectivity index (χ1v) is 7.72. The van der Waals surface area contributed by atoms with Crippen LogP contribution in [0, 0.1) is 5.92 Å². The molecule has 1 aliphatic heterocycles. The number of piperidine rings is 1. The number of aromatic carboxylic acids is 1. The summed E-state index contributed by atoms with van der Waals surface area (Å²) in [6.07, 6.45) is 6.88. The van der Waals surface area contributed by atoms with E-state index < -0.39 is 5.97 Å². The van der Waals surface area contributed by atoms with Gasteiger partial charge in [0.25, 0.3) is 0 Å². The van der Waals surface area contributed by atoms with Crippen molar-refractivity contribution >= 4 is 22.4 Å². The predicted molar refractivity (Wildman–Crippen MR) is 80.7 cm³/mol. The number of hydrogen-bond acceptors (Lipinski definition) is 6. The molecule has 2 aromatic rings. The zero-order chi connectivity index (χ0) is 14.8. The SMILES string of the molecule is CC1CCN(c2nc(-c3cnccn3)c(C(=O)O)s2)CC1. The van der Waals surface area contributed by atoms with Crippen molar-refractivity contribution in [2.75, 3.05) is 18.0 Å². The Morgan fingerprint density at radius 3 is 2.76 bits per heavy atom. The Morgan fingerprint density at radius 2 is 2.14 bits per heavy atom. The number of nitrogens with zero attached hydrogens (tertiary/aromatic N) is 4. The van der Waals surface area contributed by atoms with E-state index in [0.29, 0.717) is 11.4 Å². The molecule has 6 nitrogen and oxygen atoms in total. The molecule has 7 heteroatoms. The molecule has 1 saturated heterocycles. The maximum Gasteiger partial charge on any atom is 0.348 e. The first kappa shape index (κ1) is 13.9. The molecule has 2 aromatic heterocycles. The molecule has 1 fully saturated rings. The van der Waals surface area contributed by atoms with E-state index in [9.17, 15) is 9.90 Å². The second-order valence-corrected chi connectivity index (χ2v) is 6.22. The third-order valence-electron chi connectivity index (χ3n) is 3.67. The van der Waals surface area contributed by atoms with E-state index in [1.54, 1.807) is 18.6 Å². The van der Waals surface area contributed by atoms with E-state index in [1.165, 1.54) is 11.3 Å². The van der Waals surface area contributed by atoms with Crippen molar-refractivity contribution in [2.24, 2.45) is 5.92 Å². The molecule has 0 saturated carbocycles. The molecule has 0 radical (unpaired) electrons. The van der Waals surface area contributed by atoms with Crippen molar-refractivity contribution in [3.8, 4) is 11.4 Å². The number of carboxylic acids is 1. The number of carbonyl (C=O) groups is 1. The summed E-state index contributed by atoms with van der Waals surface area (Å²) < 4.78 is 0. The summed E-state index contributed by atoms with van der Waals surface area (Å²) in [5.74, 6) is -0.246. The van der Waals surface area contributed by atoms with Crippen LogP contribution in [0.4, 0.5) is 5.13 Å². The summed E-state index contributed by atoms with van der Waals surface area (Å²) in [6, 6.07) is 0. The number of hydrogen-bond donors (Lipinski definition) is 1. The minimum atomic E-state index is -0.968. The van der Waals surface area contributed by atoms with Gasteiger partial charge in [0, 0.05) is 25.5 Å². The molecule has 0 spiro atoms. The summed E-state index contributed by atoms with van der Waals surface area (Å²) in [6.45, 7) is 4.09. The average Bonchev–Trinajstić information content (AvgIpc) is 2.94. The minimum Gasteiger partial charge on any atom is -0.477 e. The van der Waals surface area contributed by atoms with E-state index in [-0.39, 0.29) is 4.88 Å². The largest absolute Gasteiger partial charge is 0.477 e. The monoisotopic (exact) mass is 304 g/mol. The lowest BCUT2D eigenvalue weighted by Gasteiger charge is -2.29. The van der Waals surface area contributed by atoms with Crippen LogP contribution in [0.3, 0.4) is 0 Å². The lowest BCUT2D eigenvalue weighted by molar-refractivity contribution is 0.0702. The first-order chi connectivity index (χ1) is 10.1. The van der Waals surface area contributed by atoms with Crippen LogP contribution in [-0.4, -0.2) is 39.1 Å². The van der Waals surface area contributed by atoms with Crippen LogP contribution in [0.5, 0.6) is 0 Å². The molecule has 0 aromatic carbocycles. The molecule has 0 unspecified atom stereocenters. The van der Waals surface area contributed by atoms with Crippen LogP contribution < -0.4 is 4.90 Å². The average molecular weight is 304 g/mol. The third kappa shape index (κ3) is 2.87. The van der Waals surface area contributed by atoms with Crippen LogP contribution in [0.1, 0.15) is 29.4 Å². The smallest absolute Gasteiger partial charge is 0.348 e. The second-order valence-electron chi connectivity index (χ2n) is 5.24. The number of aromatic nitrogens is 3. The molecular weight excluding hydrogens is 288 g/mol. The molecule has 110 valence electrons. The van der Waals surface area contributed by atoms with Gasteiger partial charge in [-0.2, -0.15) is 0 Å². The summed E-state index contributed by atoms with van der Waals surface area (Å²) in [7, 11) is 0. The molecule has 3 heterocycles. The van der Waals surface area contributed by atoms with E-state index in [4.69, 9.17) is 0 Å². The summed E-state index contributed by atoms with van der Waals surface area (Å²) in [4.78, 5) is 26.5. The van der Waals surface area contributed by atoms with Crippen molar-refractivity contribution in [2.45, 2.75) is 19.8 Å². The van der Waals surface area contributed by atoms with E-state index in [1.807, 2.05) is 0 Å². The Bertz CT molecular complexity index is 636. The van der Waals surface area contributed by atoms with Crippen LogP contribution in [0.15, 0.2) is 18.6 Å². The molecule has 1 aliphatic rings. The van der Waals surface area contributed by atoms with Crippen LogP contribution in [-0.2, 0) is 0 Å². The first-order valence-electron chi connectivity index (χ1n) is 6.90. The van der Waals surface area contributed by atoms with Gasteiger partial charge in [0.15, 0.2) is 5.13 Å². The van der Waals surface area contributed by atoms with Crippen molar-refractivity contribution < 1.29 is 9.90 Å². The van der Waals surface area contributed by atoms with Crippen LogP contribution >= 0.6 is 11.3 Å². The Hall–Kier alpha value is -2.02. The molecule has 0 aliphatic carbocycles. The zero-order valence-electron chi connectivity index (χ0n) is 11.7. The molecule has 0 bridgehead atoms. The van der Waals surface area contributed by atoms with Gasteiger partial charge < -0.3 is 10.0 Å². The van der Waals surface area contributed by atoms with Gasteiger partial charge in [0.1, 0.15) is 16.3 Å². The Labute approximate surface area is 126 Å². The minimum absolute atomic E-state index is 0.226. The Balaban J connectivity index is 1.95. The number of rotatable bonds is 3. The van der Waals surface area contributed by atoms with Crippen molar-refractivity contribution in [1.82, 2.24) is 15.0 Å². The van der Waals surface area contributed by atoms with E-state index in [0.717, 1.165) is 37.0 Å². The molecular formula is C14H16N4O2S. The molecule has 0 atom stereocenters. The predicted octanol–water partition coefficient (Wildman–Crippen LogP) is 2.53. The van der Waals surface area contributed by atoms with Crippen molar-refractivity contribution in [3.05, 3.63) is 23.5 Å². The quantitative estimate of drug-likeness (QED) is 0.938. The van der Waals surface area contributed by atoms with Gasteiger partial charge >= 0.3 is 5.97 Å². The second kappa shape index (κ2) is 5.77. The van der Waals surface area contributed by atoms with Gasteiger partial charge in [-0.1, -0.05) is 18.3 Å². The maximum absolute atomic E-state index is 11.4. The van der Waals surface area contributed by atoms with Gasteiger partial charge in [0.2, 0.25) is 0 Å². The summed E-state index contributed by atoms with van der Waals surface area (Å²) in [5, 5.41) is 10.1. The maximum atomic E-state index is 11.4. The normalized spacial score (nSPS) is 16.1. The molecule has 1 N–H and O–H groups in total. The van der Waals surface area contributed by atoms with Crippen molar-refractivity contribution in [3.63, 3.8) is 0 Å². The van der Waals surface area contributed by atoms with E-state index in [2.05, 4.69) is 26.8 Å². The highest BCUT2D eigenvalue weighted by molar-refractivity contribution is 7.17. The van der Waals surface area contributed by atoms with Gasteiger partial charge in [-0.3, -0.25) is 9.97 Å². The third-order valence-corrected chi connectivity index (χ3v) is 4.77. The lowest BCUT2D eigenvalue weighted by Crippen LogP contribution is -2.32. The van der Waals surface area contributed by atoms with Gasteiger partial charge in [0.05, 0.1) is 6.20 Å². The molecule has 0 amide bonds. The zero-order valence-corrected chi connectivity index (χ0v) is 12.5. The van der Waals surface area contributed by atoms with E-state index >= 15 is 0 Å². The number of thiazole rings is 1. The summed E-state index contributed by atoms with van der Waals surface area (Å²) in [5.41, 5.74) is 0.914. The highest BCUT2D eigenvalue weighted by Gasteiger charge is 2.24. The fourth-order valence-corrected chi connectivity index (χ4v) is 3.35. The topological polar surface area (TPSA) is 79.2 Å². The summed E-state index contributed by atoms with van der Waals surface area (Å²) >= 11 is 1.22. The van der Waals surface area contributed by atoms with Crippen molar-refractivity contribution in [1.29, 1.82) is 0 Å². The van der Waals surface area contributed by atoms with Gasteiger partial charge in [-0.15, -0.1) is 0 Å². The number of anilines is 1. The standard InChI is InChI=1S/C14H16N4O2S/c1-9-2-6-18(7-3-9)14-17-11(12(21-14)13(19)20)10-8-15-4-5-16-10/h4-5,8-9H,2-3,6-7H2,1H3,(H,19,20). The lowest BCUT2D eigenvalue weighted by atomic mass is 10.00. The fourth-order valence-electron chi connectivity index (χ4n) is 2.38. The van der Waals surface area contributed by atoms with Gasteiger partial charge in [-0.25, -0.2) is 9.78 Å². The van der Waals surface area contributed by atoms with Crippen LogP contribution in [0.2, 0.25) is 0 Å². The fraction of sp³-hybridized carbons (Fsp3) is 0.429. The highest BCUT2D eigenvalue weighted by atomic mass is 32.1. The Kier molecular flexibility index (Phi) is 3.83.